The Morgan fingerprint density at radius 2 is 1.77 bits per heavy atom. The number of rotatable bonds is 8. The van der Waals surface area contributed by atoms with Gasteiger partial charge in [-0.15, -0.1) is 0 Å². The molecule has 0 radical (unpaired) electrons. The summed E-state index contributed by atoms with van der Waals surface area (Å²) >= 11 is 0. The fourth-order valence-corrected chi connectivity index (χ4v) is 8.80. The van der Waals surface area contributed by atoms with Crippen molar-refractivity contribution in [3.05, 3.63) is 35.4 Å². The van der Waals surface area contributed by atoms with Crippen LogP contribution in [0.5, 0.6) is 0 Å². The smallest absolute Gasteiger partial charge is 0.319 e. The van der Waals surface area contributed by atoms with Crippen molar-refractivity contribution in [3.63, 3.8) is 0 Å². The molecule has 0 aromatic heterocycles. The number of cyclic esters (lactones) is 1. The first kappa shape index (κ1) is 42.3. The quantitative estimate of drug-likeness (QED) is 0.291. The summed E-state index contributed by atoms with van der Waals surface area (Å²) < 4.78 is 25.2. The summed E-state index contributed by atoms with van der Waals surface area (Å²) in [6.07, 6.45) is 0.853. The van der Waals surface area contributed by atoms with Gasteiger partial charge in [-0.25, -0.2) is 0 Å². The van der Waals surface area contributed by atoms with Crippen LogP contribution < -0.4 is 0 Å². The molecule has 3 heterocycles. The highest BCUT2D eigenvalue weighted by Crippen LogP contribution is 2.39. The molecule has 3 aliphatic heterocycles. The Balaban J connectivity index is 1.57. The van der Waals surface area contributed by atoms with Crippen molar-refractivity contribution in [2.45, 2.75) is 130 Å². The van der Waals surface area contributed by atoms with Gasteiger partial charge < -0.3 is 33.9 Å². The van der Waals surface area contributed by atoms with E-state index in [1.165, 1.54) is 0 Å². The molecule has 4 rings (SSSR count). The number of likely N-dealkylation sites (tertiary alicyclic amines) is 1. The van der Waals surface area contributed by atoms with Crippen LogP contribution in [0.15, 0.2) is 24.3 Å². The number of esters is 1. The molecule has 11 heteroatoms. The molecule has 0 aliphatic carbocycles. The van der Waals surface area contributed by atoms with Crippen LogP contribution in [0.4, 0.5) is 0 Å². The third-order valence-corrected chi connectivity index (χ3v) is 12.0. The number of hydrogen-bond donors (Lipinski definition) is 1. The Morgan fingerprint density at radius 3 is 2.37 bits per heavy atom. The molecular weight excluding hydrogens is 662 g/mol. The lowest BCUT2D eigenvalue weighted by molar-refractivity contribution is -0.295. The second-order valence-corrected chi connectivity index (χ2v) is 16.9. The Morgan fingerprint density at radius 1 is 1.10 bits per heavy atom. The lowest BCUT2D eigenvalue weighted by atomic mass is 9.74. The maximum Gasteiger partial charge on any atom is 0.319 e. The number of carbonyl (C=O) groups is 3. The van der Waals surface area contributed by atoms with E-state index < -0.39 is 41.4 Å². The minimum atomic E-state index is -1.45. The second kappa shape index (κ2) is 17.8. The van der Waals surface area contributed by atoms with Crippen molar-refractivity contribution < 1.29 is 38.4 Å². The van der Waals surface area contributed by atoms with Gasteiger partial charge in [0.25, 0.3) is 5.91 Å². The number of piperidine rings is 1. The molecule has 3 saturated heterocycles. The zero-order valence-electron chi connectivity index (χ0n) is 33.7. The molecule has 11 nitrogen and oxygen atoms in total. The number of aliphatic hydroxyl groups excluding tert-OH is 1. The number of aliphatic hydroxyl groups is 1. The first-order valence-electron chi connectivity index (χ1n) is 19.4. The standard InChI is InChI=1S/C41H67N3O8/c1-12-43-24-27(3)23-41(8,49-11)36(52-38-34(45)33(42(9)10)21-28(4)51-38)29(5)35(46)40(6,7)39(48)50-25-32(43)22-30-16-18-44(19-17-30)37(47)31-15-13-14-26(2)20-31/h13-15,20,27-30,32-34,36,38,45H,12,16-19,21-25H2,1-11H3/t27-,28-,29+,32-,33+,34-,36-,38+,41-/m1/s1. The normalized spacial score (nSPS) is 34.7. The number of amides is 1. The molecule has 0 unspecified atom stereocenters. The molecule has 1 aromatic carbocycles. The Kier molecular flexibility index (Phi) is 14.5. The zero-order chi connectivity index (χ0) is 38.5. The maximum atomic E-state index is 14.4. The number of hydrogen-bond acceptors (Lipinski definition) is 10. The van der Waals surface area contributed by atoms with E-state index in [1.807, 2.05) is 68.9 Å². The number of Topliss-reactive ketones (excluding diaryl/α,β-unsaturated/α-hetero) is 1. The largest absolute Gasteiger partial charge is 0.463 e. The van der Waals surface area contributed by atoms with Gasteiger partial charge in [-0.05, 0) is 111 Å². The minimum absolute atomic E-state index is 0.0550. The van der Waals surface area contributed by atoms with Gasteiger partial charge in [0.15, 0.2) is 12.1 Å². The van der Waals surface area contributed by atoms with Gasteiger partial charge in [-0.2, -0.15) is 0 Å². The number of ketones is 1. The highest BCUT2D eigenvalue weighted by Gasteiger charge is 2.51. The van der Waals surface area contributed by atoms with Gasteiger partial charge in [0.05, 0.1) is 17.8 Å². The number of carbonyl (C=O) groups excluding carboxylic acids is 3. The minimum Gasteiger partial charge on any atom is -0.463 e. The lowest BCUT2D eigenvalue weighted by Gasteiger charge is -2.47. The second-order valence-electron chi connectivity index (χ2n) is 16.9. The van der Waals surface area contributed by atoms with E-state index in [0.717, 1.165) is 43.5 Å². The predicted octanol–water partition coefficient (Wildman–Crippen LogP) is 4.96. The molecule has 0 saturated carbocycles. The average Bonchev–Trinajstić information content (AvgIpc) is 3.11. The van der Waals surface area contributed by atoms with E-state index in [2.05, 4.69) is 18.7 Å². The van der Waals surface area contributed by atoms with Crippen molar-refractivity contribution in [2.24, 2.45) is 23.2 Å². The number of aryl methyl sites for hydroxylation is 1. The molecule has 294 valence electrons. The molecule has 52 heavy (non-hydrogen) atoms. The summed E-state index contributed by atoms with van der Waals surface area (Å²) in [5.74, 6) is -1.11. The number of nitrogens with zero attached hydrogens (tertiary/aromatic N) is 3. The molecule has 1 amide bonds. The van der Waals surface area contributed by atoms with Gasteiger partial charge in [0, 0.05) is 50.3 Å². The topological polar surface area (TPSA) is 118 Å². The molecule has 0 spiro atoms. The van der Waals surface area contributed by atoms with Gasteiger partial charge in [0.2, 0.25) is 0 Å². The number of ether oxygens (including phenoxy) is 4. The van der Waals surface area contributed by atoms with Crippen LogP contribution in [0, 0.1) is 30.1 Å². The summed E-state index contributed by atoms with van der Waals surface area (Å²) in [6.45, 7) is 18.3. The van der Waals surface area contributed by atoms with Crippen molar-refractivity contribution in [1.82, 2.24) is 14.7 Å². The summed E-state index contributed by atoms with van der Waals surface area (Å²) in [5, 5.41) is 11.4. The Labute approximate surface area is 312 Å². The van der Waals surface area contributed by atoms with Gasteiger partial charge in [-0.1, -0.05) is 38.5 Å². The van der Waals surface area contributed by atoms with Crippen LogP contribution in [0.3, 0.4) is 0 Å². The van der Waals surface area contributed by atoms with Crippen LogP contribution in [-0.2, 0) is 28.5 Å². The molecule has 1 N–H and O–H groups in total. The van der Waals surface area contributed by atoms with Crippen LogP contribution in [0.25, 0.3) is 0 Å². The lowest BCUT2D eigenvalue weighted by Crippen LogP contribution is -2.59. The molecule has 3 aliphatic rings. The molecular formula is C41H67N3O8. The van der Waals surface area contributed by atoms with E-state index >= 15 is 0 Å². The summed E-state index contributed by atoms with van der Waals surface area (Å²) in [4.78, 5) is 47.8. The maximum absolute atomic E-state index is 14.4. The highest BCUT2D eigenvalue weighted by molar-refractivity contribution is 6.04. The van der Waals surface area contributed by atoms with Crippen LogP contribution in [0.2, 0.25) is 0 Å². The van der Waals surface area contributed by atoms with Gasteiger partial charge in [-0.3, -0.25) is 19.3 Å². The van der Waals surface area contributed by atoms with Crippen molar-refractivity contribution in [1.29, 1.82) is 0 Å². The predicted molar refractivity (Wildman–Crippen MR) is 201 cm³/mol. The highest BCUT2D eigenvalue weighted by atomic mass is 16.7. The van der Waals surface area contributed by atoms with Crippen molar-refractivity contribution in [3.8, 4) is 0 Å². The van der Waals surface area contributed by atoms with E-state index in [-0.39, 0.29) is 42.4 Å². The van der Waals surface area contributed by atoms with Crippen LogP contribution in [-0.4, -0.2) is 134 Å². The molecule has 1 aromatic rings. The molecule has 9 atom stereocenters. The number of benzene rings is 1. The number of likely N-dealkylation sites (N-methyl/N-ethyl adjacent to an activating group) is 2. The van der Waals surface area contributed by atoms with Crippen molar-refractivity contribution >= 4 is 17.7 Å². The van der Waals surface area contributed by atoms with E-state index in [1.54, 1.807) is 27.9 Å². The van der Waals surface area contributed by atoms with E-state index in [9.17, 15) is 19.5 Å². The van der Waals surface area contributed by atoms with E-state index in [4.69, 9.17) is 18.9 Å². The Bertz CT molecular complexity index is 1360. The summed E-state index contributed by atoms with van der Waals surface area (Å²) in [6, 6.07) is 7.51. The fraction of sp³-hybridized carbons (Fsp3) is 0.780. The monoisotopic (exact) mass is 729 g/mol. The third kappa shape index (κ3) is 9.82. The van der Waals surface area contributed by atoms with Crippen molar-refractivity contribution in [2.75, 3.05) is 54.0 Å². The summed E-state index contributed by atoms with van der Waals surface area (Å²) in [5.41, 5.74) is -0.612. The first-order chi connectivity index (χ1) is 24.4. The number of methoxy groups -OCH3 is 1. The fourth-order valence-electron chi connectivity index (χ4n) is 8.80. The van der Waals surface area contributed by atoms with Gasteiger partial charge in [0.1, 0.15) is 18.1 Å². The SMILES string of the molecule is CCN1C[C@H](C)C[C@@](C)(OC)[C@H](O[C@@H]2O[C@H](C)C[C@H](N(C)C)[C@H]2O)[C@@H](C)C(=O)C(C)(C)C(=O)OC[C@H]1CC1CCN(C(=O)c2cccc(C)c2)CC1. The summed E-state index contributed by atoms with van der Waals surface area (Å²) in [7, 11) is 5.48. The van der Waals surface area contributed by atoms with Gasteiger partial charge >= 0.3 is 5.97 Å². The first-order valence-corrected chi connectivity index (χ1v) is 19.4. The molecule has 0 bridgehead atoms. The average molecular weight is 730 g/mol. The van der Waals surface area contributed by atoms with Crippen LogP contribution >= 0.6 is 0 Å². The van der Waals surface area contributed by atoms with E-state index in [0.29, 0.717) is 31.8 Å². The molecule has 3 fully saturated rings. The van der Waals surface area contributed by atoms with Crippen LogP contribution in [0.1, 0.15) is 96.5 Å². The zero-order valence-corrected chi connectivity index (χ0v) is 33.7. The Hall–Kier alpha value is -2.41. The third-order valence-electron chi connectivity index (χ3n) is 12.0.